The molecule has 1 aromatic heterocycles. The second-order valence-corrected chi connectivity index (χ2v) is 7.84. The lowest BCUT2D eigenvalue weighted by Crippen LogP contribution is -2.35. The number of rotatable bonds is 4. The van der Waals surface area contributed by atoms with Gasteiger partial charge in [0.15, 0.2) is 4.34 Å². The third-order valence-corrected chi connectivity index (χ3v) is 5.86. The lowest BCUT2D eigenvalue weighted by molar-refractivity contribution is -0.128. The fourth-order valence-corrected chi connectivity index (χ4v) is 4.35. The fourth-order valence-electron chi connectivity index (χ4n) is 2.82. The summed E-state index contributed by atoms with van der Waals surface area (Å²) in [6, 6.07) is 7.78. The number of thioether (sulfide) groups is 1. The number of anilines is 1. The van der Waals surface area contributed by atoms with Crippen molar-refractivity contribution >= 4 is 34.1 Å². The van der Waals surface area contributed by atoms with E-state index in [-0.39, 0.29) is 11.7 Å². The number of carbonyl (C=O) groups is 1. The lowest BCUT2D eigenvalue weighted by Gasteiger charge is -2.25. The van der Waals surface area contributed by atoms with Crippen LogP contribution < -0.4 is 5.73 Å². The van der Waals surface area contributed by atoms with E-state index in [9.17, 15) is 9.90 Å². The number of hydrogen-bond donors (Lipinski definition) is 2. The zero-order valence-electron chi connectivity index (χ0n) is 12.7. The molecule has 0 unspecified atom stereocenters. The predicted molar refractivity (Wildman–Crippen MR) is 91.3 cm³/mol. The molecule has 8 heteroatoms. The third kappa shape index (κ3) is 3.49. The Bertz CT molecular complexity index is 721. The van der Waals surface area contributed by atoms with Crippen LogP contribution in [0, 0.1) is 6.92 Å². The Morgan fingerprint density at radius 1 is 1.48 bits per heavy atom. The third-order valence-electron chi connectivity index (χ3n) is 3.99. The Morgan fingerprint density at radius 2 is 2.26 bits per heavy atom. The summed E-state index contributed by atoms with van der Waals surface area (Å²) >= 11 is 2.60. The van der Waals surface area contributed by atoms with Crippen molar-refractivity contribution in [2.45, 2.75) is 23.3 Å². The molecule has 1 aliphatic heterocycles. The maximum atomic E-state index is 12.3. The van der Waals surface area contributed by atoms with Crippen LogP contribution in [0.25, 0.3) is 0 Å². The molecule has 2 heterocycles. The first kappa shape index (κ1) is 16.2. The van der Waals surface area contributed by atoms with Crippen LogP contribution in [-0.2, 0) is 10.4 Å². The van der Waals surface area contributed by atoms with Crippen molar-refractivity contribution in [2.24, 2.45) is 0 Å². The number of amides is 1. The van der Waals surface area contributed by atoms with E-state index < -0.39 is 5.60 Å². The van der Waals surface area contributed by atoms with Crippen molar-refractivity contribution in [1.29, 1.82) is 0 Å². The van der Waals surface area contributed by atoms with E-state index in [1.165, 1.54) is 23.1 Å². The minimum atomic E-state index is -0.959. The number of aliphatic hydroxyl groups is 1. The molecule has 3 rings (SSSR count). The van der Waals surface area contributed by atoms with Crippen LogP contribution in [0.5, 0.6) is 0 Å². The number of nitrogens with zero attached hydrogens (tertiary/aromatic N) is 3. The highest BCUT2D eigenvalue weighted by Crippen LogP contribution is 2.34. The van der Waals surface area contributed by atoms with Gasteiger partial charge in [-0.3, -0.25) is 4.79 Å². The van der Waals surface area contributed by atoms with Crippen molar-refractivity contribution in [1.82, 2.24) is 15.1 Å². The molecule has 1 atom stereocenters. The molecule has 0 radical (unpaired) electrons. The van der Waals surface area contributed by atoms with Crippen LogP contribution in [-0.4, -0.2) is 45.0 Å². The summed E-state index contributed by atoms with van der Waals surface area (Å²) in [5.41, 5.74) is 6.51. The Kier molecular flexibility index (Phi) is 4.56. The second-order valence-electron chi connectivity index (χ2n) is 5.61. The SMILES string of the molecule is Cc1ccccc1[C@@]1(O)CCN(C(=O)CSc2nnc(N)s2)C1. The molecule has 6 nitrogen and oxygen atoms in total. The van der Waals surface area contributed by atoms with Crippen molar-refractivity contribution in [3.05, 3.63) is 35.4 Å². The molecule has 0 saturated carbocycles. The summed E-state index contributed by atoms with van der Waals surface area (Å²) in [6.07, 6.45) is 0.556. The smallest absolute Gasteiger partial charge is 0.233 e. The van der Waals surface area contributed by atoms with Crippen LogP contribution >= 0.6 is 23.1 Å². The van der Waals surface area contributed by atoms with Gasteiger partial charge in [-0.15, -0.1) is 10.2 Å². The normalized spacial score (nSPS) is 20.9. The molecule has 0 bridgehead atoms. The number of aromatic nitrogens is 2. The maximum absolute atomic E-state index is 12.3. The Morgan fingerprint density at radius 3 is 2.96 bits per heavy atom. The molecule has 1 aliphatic rings. The van der Waals surface area contributed by atoms with Gasteiger partial charge < -0.3 is 15.7 Å². The van der Waals surface area contributed by atoms with Gasteiger partial charge in [-0.1, -0.05) is 47.4 Å². The van der Waals surface area contributed by atoms with Crippen LogP contribution in [0.4, 0.5) is 5.13 Å². The van der Waals surface area contributed by atoms with Gasteiger partial charge in [0.1, 0.15) is 5.60 Å². The average molecular weight is 350 g/mol. The Balaban J connectivity index is 1.62. The van der Waals surface area contributed by atoms with Gasteiger partial charge in [0.25, 0.3) is 0 Å². The second kappa shape index (κ2) is 6.46. The number of aryl methyl sites for hydroxylation is 1. The minimum Gasteiger partial charge on any atom is -0.383 e. The Hall–Kier alpha value is -1.64. The van der Waals surface area contributed by atoms with Crippen LogP contribution in [0.2, 0.25) is 0 Å². The van der Waals surface area contributed by atoms with Gasteiger partial charge >= 0.3 is 0 Å². The summed E-state index contributed by atoms with van der Waals surface area (Å²) in [4.78, 5) is 14.1. The van der Waals surface area contributed by atoms with Gasteiger partial charge in [-0.2, -0.15) is 0 Å². The number of hydrogen-bond acceptors (Lipinski definition) is 7. The Labute approximate surface area is 142 Å². The summed E-state index contributed by atoms with van der Waals surface area (Å²) in [6.45, 7) is 2.87. The van der Waals surface area contributed by atoms with E-state index in [1.54, 1.807) is 4.90 Å². The molecule has 23 heavy (non-hydrogen) atoms. The van der Waals surface area contributed by atoms with Crippen molar-refractivity contribution in [3.8, 4) is 0 Å². The molecular weight excluding hydrogens is 332 g/mol. The number of likely N-dealkylation sites (tertiary alicyclic amines) is 1. The molecule has 1 saturated heterocycles. The van der Waals surface area contributed by atoms with Gasteiger partial charge in [0.05, 0.1) is 12.3 Å². The van der Waals surface area contributed by atoms with Gasteiger partial charge in [-0.05, 0) is 24.5 Å². The predicted octanol–water partition coefficient (Wildman–Crippen LogP) is 1.64. The van der Waals surface area contributed by atoms with Gasteiger partial charge in [-0.25, -0.2) is 0 Å². The monoisotopic (exact) mass is 350 g/mol. The van der Waals surface area contributed by atoms with E-state index in [4.69, 9.17) is 5.73 Å². The summed E-state index contributed by atoms with van der Waals surface area (Å²) in [5.74, 6) is 0.270. The first-order valence-electron chi connectivity index (χ1n) is 7.26. The van der Waals surface area contributed by atoms with Crippen molar-refractivity contribution < 1.29 is 9.90 Å². The van der Waals surface area contributed by atoms with E-state index in [1.807, 2.05) is 31.2 Å². The minimum absolute atomic E-state index is 0.00622. The van der Waals surface area contributed by atoms with Gasteiger partial charge in [0.2, 0.25) is 11.0 Å². The van der Waals surface area contributed by atoms with E-state index >= 15 is 0 Å². The van der Waals surface area contributed by atoms with E-state index in [0.29, 0.717) is 29.0 Å². The first-order chi connectivity index (χ1) is 11.0. The molecule has 0 aliphatic carbocycles. The zero-order valence-corrected chi connectivity index (χ0v) is 14.4. The standard InChI is InChI=1S/C15H18N4O2S2/c1-10-4-2-3-5-11(10)15(21)6-7-19(9-15)12(20)8-22-14-18-17-13(16)23-14/h2-5,21H,6-9H2,1H3,(H2,16,17)/t15-/m1/s1. The topological polar surface area (TPSA) is 92.3 Å². The van der Waals surface area contributed by atoms with Crippen LogP contribution in [0.15, 0.2) is 28.6 Å². The van der Waals surface area contributed by atoms with Crippen molar-refractivity contribution in [3.63, 3.8) is 0 Å². The molecule has 1 aromatic carbocycles. The summed E-state index contributed by atoms with van der Waals surface area (Å²) < 4.78 is 0.684. The molecule has 122 valence electrons. The van der Waals surface area contributed by atoms with Crippen molar-refractivity contribution in [2.75, 3.05) is 24.6 Å². The number of benzene rings is 1. The average Bonchev–Trinajstić information content (AvgIpc) is 3.12. The van der Waals surface area contributed by atoms with E-state index in [2.05, 4.69) is 10.2 Å². The number of nitrogens with two attached hydrogens (primary N) is 1. The highest BCUT2D eigenvalue weighted by molar-refractivity contribution is 8.01. The quantitative estimate of drug-likeness (QED) is 0.815. The first-order valence-corrected chi connectivity index (χ1v) is 9.06. The molecular formula is C15H18N4O2S2. The highest BCUT2D eigenvalue weighted by atomic mass is 32.2. The molecule has 1 amide bonds. The van der Waals surface area contributed by atoms with Crippen LogP contribution in [0.3, 0.4) is 0 Å². The van der Waals surface area contributed by atoms with Crippen LogP contribution in [0.1, 0.15) is 17.5 Å². The summed E-state index contributed by atoms with van der Waals surface area (Å²) in [7, 11) is 0. The molecule has 1 fully saturated rings. The number of β-amino-alcohol motifs (C(OH)–C–C–N with tert-alkyl or cyclic N) is 1. The van der Waals surface area contributed by atoms with E-state index in [0.717, 1.165) is 11.1 Å². The number of nitrogen functional groups attached to an aromatic ring is 1. The lowest BCUT2D eigenvalue weighted by atomic mass is 9.89. The highest BCUT2D eigenvalue weighted by Gasteiger charge is 2.40. The maximum Gasteiger partial charge on any atom is 0.233 e. The number of carbonyl (C=O) groups excluding carboxylic acids is 1. The molecule has 2 aromatic rings. The fraction of sp³-hybridized carbons (Fsp3) is 0.400. The summed E-state index contributed by atoms with van der Waals surface area (Å²) in [5, 5.41) is 18.9. The largest absolute Gasteiger partial charge is 0.383 e. The zero-order chi connectivity index (χ0) is 16.4. The molecule has 3 N–H and O–H groups in total. The molecule has 0 spiro atoms. The van der Waals surface area contributed by atoms with Gasteiger partial charge in [0, 0.05) is 6.54 Å².